The highest BCUT2D eigenvalue weighted by Crippen LogP contribution is 2.46. The van der Waals surface area contributed by atoms with Crippen molar-refractivity contribution in [2.24, 2.45) is 34.6 Å². The number of likely N-dealkylation sites (tertiary alicyclic amines) is 3. The third-order valence-electron chi connectivity index (χ3n) is 30.1. The van der Waals surface area contributed by atoms with E-state index in [1.54, 1.807) is 51.3 Å². The molecule has 7 fully saturated rings. The second kappa shape index (κ2) is 55.2. The summed E-state index contributed by atoms with van der Waals surface area (Å²) in [5.41, 5.74) is 5.42. The number of amides is 8. The van der Waals surface area contributed by atoms with Crippen molar-refractivity contribution in [1.82, 2.24) is 41.3 Å². The van der Waals surface area contributed by atoms with Crippen molar-refractivity contribution in [2.45, 2.75) is 490 Å². The quantitative estimate of drug-likeness (QED) is 0.0127. The predicted molar refractivity (Wildman–Crippen MR) is 566 cm³/mol. The third-order valence-corrected chi connectivity index (χ3v) is 30.1. The lowest BCUT2D eigenvalue weighted by Gasteiger charge is -2.47. The maximum atomic E-state index is 14.2. The van der Waals surface area contributed by atoms with Gasteiger partial charge in [0, 0.05) is 77.4 Å². The van der Waals surface area contributed by atoms with Gasteiger partial charge in [0.25, 0.3) is 0 Å². The average Bonchev–Trinajstić information content (AvgIpc) is 1.74. The predicted octanol–water partition coefficient (Wildman–Crippen LogP) is 14.8. The minimum atomic E-state index is -1.45. The van der Waals surface area contributed by atoms with Crippen LogP contribution >= 0.6 is 0 Å². The zero-order valence-electron chi connectivity index (χ0n) is 93.7. The van der Waals surface area contributed by atoms with Gasteiger partial charge in [0.1, 0.15) is 53.1 Å². The fraction of sp³-hybridized carbons (Fsp3) is 0.776. The number of hydrogen-bond donors (Lipinski definition) is 11. The first-order chi connectivity index (χ1) is 68.1. The Morgan fingerprint density at radius 2 is 0.762 bits per heavy atom. The van der Waals surface area contributed by atoms with Crippen molar-refractivity contribution >= 4 is 100.0 Å². The van der Waals surface area contributed by atoms with Crippen molar-refractivity contribution in [3.8, 4) is 0 Å². The number of alkyl carbamates (subject to hydrolysis) is 2. The molecule has 6 aliphatic heterocycles. The molecule has 0 bridgehead atoms. The highest BCUT2D eigenvalue weighted by atomic mass is 16.7. The van der Waals surface area contributed by atoms with Crippen LogP contribution in [0.5, 0.6) is 0 Å². The van der Waals surface area contributed by atoms with Crippen LogP contribution in [0.4, 0.5) is 9.59 Å². The minimum absolute atomic E-state index is 0.0639. The van der Waals surface area contributed by atoms with Crippen LogP contribution in [0.15, 0.2) is 60.7 Å². The number of unbranched alkanes of at least 4 members (excludes halogenated alkanes) is 4. The Kier molecular flexibility index (Phi) is 47.8. The molecule has 0 spiro atoms. The molecule has 40 heteroatoms. The number of piperidine rings is 3. The Hall–Kier alpha value is -8.46. The Morgan fingerprint density at radius 3 is 1.10 bits per heavy atom. The molecule has 8 amide bonds. The number of hydrogen-bond acceptors (Lipinski definition) is 26. The number of carbonyl (C=O) groups excluding carboxylic acids is 10. The summed E-state index contributed by atoms with van der Waals surface area (Å²) >= 11 is 0. The molecule has 0 radical (unpaired) electrons. The topological polar surface area (TPSA) is 500 Å². The molecule has 147 heavy (non-hydrogen) atoms. The van der Waals surface area contributed by atoms with Crippen LogP contribution < -0.4 is 38.1 Å². The van der Waals surface area contributed by atoms with E-state index in [-0.39, 0.29) is 144 Å². The fourth-order valence-electron chi connectivity index (χ4n) is 20.4. The maximum Gasteiger partial charge on any atom is 0.457 e. The van der Waals surface area contributed by atoms with Crippen LogP contribution in [0.25, 0.3) is 0 Å². The molecular formula is C107H182B4N10O26. The van der Waals surface area contributed by atoms with Crippen LogP contribution in [-0.4, -0.2) is 258 Å². The normalized spacial score (nSPS) is 24.4. The van der Waals surface area contributed by atoms with Gasteiger partial charge >= 0.3 is 64.5 Å². The maximum absolute atomic E-state index is 14.2. The Labute approximate surface area is 877 Å². The van der Waals surface area contributed by atoms with Gasteiger partial charge in [-0.15, -0.1) is 0 Å². The molecule has 6 heterocycles. The number of ether oxygens (including phenoxy) is 4. The summed E-state index contributed by atoms with van der Waals surface area (Å²) in [6.45, 7) is 52.1. The highest BCUT2D eigenvalue weighted by Gasteiger charge is 2.58. The molecule has 6 saturated heterocycles. The Bertz CT molecular complexity index is 4550. The number of carbonyl (C=O) groups is 12. The van der Waals surface area contributed by atoms with Crippen LogP contribution in [0.1, 0.15) is 359 Å². The first-order valence-electron chi connectivity index (χ1n) is 53.6. The molecule has 13 N–H and O–H groups in total. The molecule has 2 aromatic carbocycles. The number of nitrogens with one attached hydrogen (secondary N) is 5. The average molecular weight is 2070 g/mol. The van der Waals surface area contributed by atoms with Crippen molar-refractivity contribution in [3.63, 3.8) is 0 Å². The van der Waals surface area contributed by atoms with Gasteiger partial charge in [-0.2, -0.15) is 0 Å². The zero-order chi connectivity index (χ0) is 111. The number of benzene rings is 2. The van der Waals surface area contributed by atoms with Gasteiger partial charge < -0.3 is 120 Å². The van der Waals surface area contributed by atoms with Crippen LogP contribution in [0.3, 0.4) is 0 Å². The molecule has 1 saturated carbocycles. The summed E-state index contributed by atoms with van der Waals surface area (Å²) < 4.78 is 59.1. The summed E-state index contributed by atoms with van der Waals surface area (Å²) in [5.74, 6) is -3.86. The molecule has 2 aromatic rings. The van der Waals surface area contributed by atoms with E-state index in [1.807, 2.05) is 185 Å². The SMILES string of the molecule is CC(=O)N1CC[C@H](N)C[C@]1(CCCCB1OC(C)(C)C(C)(C)O1)C(=O)OCc1ccccc1.CC(=O)N1CC[C@H](NC(=O)[C@H](CC(C)C)NC(=O)OC(C)(C)C)C[C@]1(CCCCB1OC(C)(C)C(C)(C)O1)C(=O)O.CC(=O)N1CC[C@H](NC(=O)[C@H](CC(C)C)NC(=O)OC(C)(C)C)C[C@]1(CCCCB1OC(C)(C)C(C)(C)O1)C(=O)OCc1ccccc1.CC(C)C[C@H](N)C(=O)N[C@H]1CCC[C@@](CCCCB(O)O)(C(=O)O)C1. The van der Waals surface area contributed by atoms with Crippen LogP contribution in [-0.2, 0) is 108 Å². The molecule has 11 atom stereocenters. The van der Waals surface area contributed by atoms with Crippen molar-refractivity contribution in [3.05, 3.63) is 71.8 Å². The van der Waals surface area contributed by atoms with Gasteiger partial charge in [-0.25, -0.2) is 24.0 Å². The summed E-state index contributed by atoms with van der Waals surface area (Å²) in [6, 6.07) is 15.5. The van der Waals surface area contributed by atoms with Crippen LogP contribution in [0.2, 0.25) is 25.3 Å². The molecule has 0 unspecified atom stereocenters. The standard InChI is InChI=1S/C36H58BN3O8.C29H52BN3O8.C25H39BN2O5.C17H33BN2O5/c1-25(2)22-29(39-32(44)46-33(4,5)6)30(42)38-28-18-21-40(26(3)41)36(23-28,31(43)45-24-27-16-12-11-13-17-27)19-14-15-20-37-47-34(7,8)35(9,10)48-37;1-19(2)17-22(32-25(38)39-26(4,5)6)23(35)31-21-13-16-33(20(3)34)29(18-21,24(36)37)14-11-12-15-30-40-27(7,8)28(9,10)41-30;1-19(29)28-16-13-21(27)17-25(28,22(30)31-18-20-11-7-6-8-12-20)14-9-10-15-26-32-23(2,3)24(4,5)33-26;1-12(2)10-14(19)15(21)20-13-6-5-8-17(11-13,16(22)23)7-3-4-9-18(24)25/h11-13,16-17,25,28-29H,14-15,18-24H2,1-10H3,(H,38,42)(H,39,44);19,21-22H,11-18H2,1-10H3,(H,31,35)(H,32,38)(H,36,37);6-8,11-12,21H,9-10,13-18,27H2,1-5H3;12-14,24-25H,3-11,19H2,1-2H3,(H,20,21)(H,22,23)/t28-,29-,36+;21-,22-,29+;21-,25+;13-,14-,17+/m0000/s1. The third kappa shape index (κ3) is 38.4. The molecule has 7 aliphatic rings. The first kappa shape index (κ1) is 127. The summed E-state index contributed by atoms with van der Waals surface area (Å²) in [5, 5.41) is 52.4. The smallest absolute Gasteiger partial charge is 0.457 e. The van der Waals surface area contributed by atoms with E-state index in [4.69, 9.17) is 68.4 Å². The van der Waals surface area contributed by atoms with Gasteiger partial charge in [-0.05, 0) is 269 Å². The lowest BCUT2D eigenvalue weighted by Crippen LogP contribution is -2.64. The lowest BCUT2D eigenvalue weighted by molar-refractivity contribution is -0.170. The summed E-state index contributed by atoms with van der Waals surface area (Å²) in [7, 11) is -2.36. The van der Waals surface area contributed by atoms with E-state index in [2.05, 4.69) is 26.6 Å². The number of nitrogens with zero attached hydrogens (tertiary/aromatic N) is 3. The molecule has 0 aromatic heterocycles. The van der Waals surface area contributed by atoms with Gasteiger partial charge in [-0.3, -0.25) is 33.6 Å². The fourth-order valence-corrected chi connectivity index (χ4v) is 20.4. The van der Waals surface area contributed by atoms with Crippen molar-refractivity contribution < 1.29 is 125 Å². The Morgan fingerprint density at radius 1 is 0.435 bits per heavy atom. The zero-order valence-corrected chi connectivity index (χ0v) is 93.7. The molecule has 9 rings (SSSR count). The van der Waals surface area contributed by atoms with Crippen LogP contribution in [0, 0.1) is 23.2 Å². The number of carboxylic acids is 2. The molecule has 1 aliphatic carbocycles. The van der Waals surface area contributed by atoms with E-state index in [0.717, 1.165) is 43.1 Å². The first-order valence-corrected chi connectivity index (χ1v) is 53.6. The van der Waals surface area contributed by atoms with E-state index in [9.17, 15) is 67.7 Å². The second-order valence-corrected chi connectivity index (χ2v) is 48.0. The number of aliphatic carboxylic acids is 2. The van der Waals surface area contributed by atoms with E-state index in [1.165, 1.54) is 25.7 Å². The van der Waals surface area contributed by atoms with Gasteiger partial charge in [-0.1, -0.05) is 160 Å². The van der Waals surface area contributed by atoms with Crippen molar-refractivity contribution in [2.75, 3.05) is 19.6 Å². The monoisotopic (exact) mass is 2070 g/mol. The van der Waals surface area contributed by atoms with Gasteiger partial charge in [0.2, 0.25) is 35.4 Å². The lowest BCUT2D eigenvalue weighted by atomic mass is 9.68. The van der Waals surface area contributed by atoms with E-state index >= 15 is 0 Å². The van der Waals surface area contributed by atoms with E-state index < -0.39 is 129 Å². The molecular weight excluding hydrogens is 1880 g/mol. The number of rotatable bonds is 42. The molecule has 36 nitrogen and oxygen atoms in total. The number of nitrogens with two attached hydrogens (primary N) is 2. The summed E-state index contributed by atoms with van der Waals surface area (Å²) in [4.78, 5) is 159. The molecule has 828 valence electrons. The van der Waals surface area contributed by atoms with E-state index in [0.29, 0.717) is 141 Å². The minimum Gasteiger partial charge on any atom is -0.481 e. The van der Waals surface area contributed by atoms with Gasteiger partial charge in [0.15, 0.2) is 0 Å². The number of esters is 2. The highest BCUT2D eigenvalue weighted by molar-refractivity contribution is 6.46. The van der Waals surface area contributed by atoms with Crippen molar-refractivity contribution in [1.29, 1.82) is 0 Å². The van der Waals surface area contributed by atoms with Gasteiger partial charge in [0.05, 0.1) is 45.1 Å². The Balaban J connectivity index is 0.000000307. The summed E-state index contributed by atoms with van der Waals surface area (Å²) in [6.07, 6.45) is 13.8. The number of carboxylic acid groups (broad SMARTS) is 2. The largest absolute Gasteiger partial charge is 0.481 e. The second-order valence-electron chi connectivity index (χ2n) is 48.0.